The van der Waals surface area contributed by atoms with E-state index in [9.17, 15) is 9.59 Å². The second kappa shape index (κ2) is 8.58. The highest BCUT2D eigenvalue weighted by atomic mass is 35.5. The van der Waals surface area contributed by atoms with Gasteiger partial charge in [-0.25, -0.2) is 0 Å². The van der Waals surface area contributed by atoms with Crippen molar-refractivity contribution in [2.75, 3.05) is 13.3 Å². The molecule has 0 bridgehead atoms. The molecule has 0 radical (unpaired) electrons. The normalized spacial score (nSPS) is 11.9. The molecule has 1 aliphatic rings. The quantitative estimate of drug-likeness (QED) is 0.730. The van der Waals surface area contributed by atoms with Gasteiger partial charge in [-0.2, -0.15) is 0 Å². The van der Waals surface area contributed by atoms with Gasteiger partial charge in [0.2, 0.25) is 12.7 Å². The van der Waals surface area contributed by atoms with Gasteiger partial charge in [-0.1, -0.05) is 17.7 Å². The molecule has 136 valence electrons. The fourth-order valence-electron chi connectivity index (χ4n) is 2.49. The number of ether oxygens (including phenoxy) is 2. The molecule has 1 aliphatic heterocycles. The lowest BCUT2D eigenvalue weighted by Gasteiger charge is -2.07. The molecule has 0 saturated carbocycles. The molecule has 2 aromatic rings. The molecular formula is C19H19ClN2O4. The number of amides is 2. The topological polar surface area (TPSA) is 76.7 Å². The maximum atomic E-state index is 11.9. The van der Waals surface area contributed by atoms with E-state index in [0.29, 0.717) is 42.3 Å². The van der Waals surface area contributed by atoms with Gasteiger partial charge < -0.3 is 20.1 Å². The number of benzene rings is 2. The van der Waals surface area contributed by atoms with Crippen molar-refractivity contribution in [1.29, 1.82) is 0 Å². The van der Waals surface area contributed by atoms with Gasteiger partial charge in [-0.05, 0) is 48.4 Å². The Balaban J connectivity index is 1.34. The molecule has 0 aromatic heterocycles. The third-order valence-electron chi connectivity index (χ3n) is 3.90. The molecule has 2 amide bonds. The van der Waals surface area contributed by atoms with Gasteiger partial charge in [-0.15, -0.1) is 0 Å². The smallest absolute Gasteiger partial charge is 0.251 e. The molecule has 0 spiro atoms. The molecule has 26 heavy (non-hydrogen) atoms. The van der Waals surface area contributed by atoms with Crippen LogP contribution in [-0.4, -0.2) is 25.2 Å². The highest BCUT2D eigenvalue weighted by Gasteiger charge is 2.13. The van der Waals surface area contributed by atoms with E-state index in [1.54, 1.807) is 24.3 Å². The van der Waals surface area contributed by atoms with Crippen LogP contribution in [0.15, 0.2) is 42.5 Å². The average molecular weight is 375 g/mol. The fourth-order valence-corrected chi connectivity index (χ4v) is 2.62. The van der Waals surface area contributed by atoms with Gasteiger partial charge in [-0.3, -0.25) is 9.59 Å². The number of hydrogen-bond acceptors (Lipinski definition) is 4. The molecule has 6 nitrogen and oxygen atoms in total. The van der Waals surface area contributed by atoms with E-state index in [0.717, 1.165) is 11.3 Å². The number of carbonyl (C=O) groups is 2. The van der Waals surface area contributed by atoms with Crippen LogP contribution in [0, 0.1) is 0 Å². The summed E-state index contributed by atoms with van der Waals surface area (Å²) in [5.74, 6) is 1.17. The Hall–Kier alpha value is -2.73. The van der Waals surface area contributed by atoms with E-state index >= 15 is 0 Å². The Morgan fingerprint density at radius 2 is 1.77 bits per heavy atom. The van der Waals surface area contributed by atoms with Crippen molar-refractivity contribution in [3.63, 3.8) is 0 Å². The number of hydrogen-bond donors (Lipinski definition) is 2. The number of fused-ring (bicyclic) bond motifs is 1. The summed E-state index contributed by atoms with van der Waals surface area (Å²) in [5.41, 5.74) is 1.49. The fraction of sp³-hybridized carbons (Fsp3) is 0.263. The summed E-state index contributed by atoms with van der Waals surface area (Å²) < 4.78 is 10.6. The predicted molar refractivity (Wildman–Crippen MR) is 97.4 cm³/mol. The van der Waals surface area contributed by atoms with Crippen LogP contribution in [0.2, 0.25) is 5.02 Å². The minimum Gasteiger partial charge on any atom is -0.454 e. The molecule has 0 unspecified atom stereocenters. The molecule has 2 N–H and O–H groups in total. The second-order valence-electron chi connectivity index (χ2n) is 5.83. The van der Waals surface area contributed by atoms with E-state index < -0.39 is 0 Å². The van der Waals surface area contributed by atoms with Gasteiger partial charge >= 0.3 is 0 Å². The zero-order valence-electron chi connectivity index (χ0n) is 14.1. The summed E-state index contributed by atoms with van der Waals surface area (Å²) in [6.07, 6.45) is 0.901. The van der Waals surface area contributed by atoms with Crippen molar-refractivity contribution in [3.8, 4) is 11.5 Å². The van der Waals surface area contributed by atoms with Crippen LogP contribution < -0.4 is 20.1 Å². The minimum absolute atomic E-state index is 0.0663. The van der Waals surface area contributed by atoms with Gasteiger partial charge in [0, 0.05) is 30.1 Å². The molecule has 0 fully saturated rings. The van der Waals surface area contributed by atoms with Crippen molar-refractivity contribution in [2.45, 2.75) is 19.4 Å². The Labute approximate surface area is 156 Å². The van der Waals surface area contributed by atoms with Crippen molar-refractivity contribution in [3.05, 3.63) is 58.6 Å². The van der Waals surface area contributed by atoms with Gasteiger partial charge in [0.1, 0.15) is 0 Å². The van der Waals surface area contributed by atoms with E-state index in [1.807, 2.05) is 18.2 Å². The number of carbonyl (C=O) groups excluding carboxylic acids is 2. The lowest BCUT2D eigenvalue weighted by molar-refractivity contribution is -0.121. The minimum atomic E-state index is -0.178. The maximum Gasteiger partial charge on any atom is 0.251 e. The molecule has 7 heteroatoms. The number of rotatable bonds is 7. The molecule has 3 rings (SSSR count). The number of nitrogens with one attached hydrogen (secondary N) is 2. The predicted octanol–water partition coefficient (Wildman–Crippen LogP) is 2.90. The van der Waals surface area contributed by atoms with E-state index in [4.69, 9.17) is 21.1 Å². The van der Waals surface area contributed by atoms with Crippen molar-refractivity contribution in [1.82, 2.24) is 10.6 Å². The van der Waals surface area contributed by atoms with Crippen molar-refractivity contribution < 1.29 is 19.1 Å². The van der Waals surface area contributed by atoms with Crippen LogP contribution in [0.3, 0.4) is 0 Å². The first-order chi connectivity index (χ1) is 12.6. The average Bonchev–Trinajstić information content (AvgIpc) is 3.11. The highest BCUT2D eigenvalue weighted by Crippen LogP contribution is 2.32. The Morgan fingerprint density at radius 3 is 2.58 bits per heavy atom. The SMILES string of the molecule is O=C(CCCNC(=O)c1ccc(Cl)cc1)NCc1ccc2c(c1)OCO2. The lowest BCUT2D eigenvalue weighted by Crippen LogP contribution is -2.27. The van der Waals surface area contributed by atoms with Crippen LogP contribution in [0.25, 0.3) is 0 Å². The van der Waals surface area contributed by atoms with Crippen molar-refractivity contribution >= 4 is 23.4 Å². The summed E-state index contributed by atoms with van der Waals surface area (Å²) in [4.78, 5) is 23.8. The summed E-state index contributed by atoms with van der Waals surface area (Å²) in [6.45, 7) is 1.08. The first-order valence-electron chi connectivity index (χ1n) is 8.31. The monoisotopic (exact) mass is 374 g/mol. The summed E-state index contributed by atoms with van der Waals surface area (Å²) in [5, 5.41) is 6.22. The molecular weight excluding hydrogens is 356 g/mol. The zero-order valence-corrected chi connectivity index (χ0v) is 14.8. The van der Waals surface area contributed by atoms with Crippen molar-refractivity contribution in [2.24, 2.45) is 0 Å². The van der Waals surface area contributed by atoms with Crippen LogP contribution >= 0.6 is 11.6 Å². The molecule has 0 aliphatic carbocycles. The van der Waals surface area contributed by atoms with Gasteiger partial charge in [0.05, 0.1) is 0 Å². The largest absolute Gasteiger partial charge is 0.454 e. The van der Waals surface area contributed by atoms with E-state index in [2.05, 4.69) is 10.6 Å². The summed E-state index contributed by atoms with van der Waals surface area (Å²) in [6, 6.07) is 12.2. The third kappa shape index (κ3) is 4.89. The highest BCUT2D eigenvalue weighted by molar-refractivity contribution is 6.30. The number of halogens is 1. The van der Waals surface area contributed by atoms with Gasteiger partial charge in [0.15, 0.2) is 11.5 Å². The maximum absolute atomic E-state index is 11.9. The summed E-state index contributed by atoms with van der Waals surface area (Å²) >= 11 is 5.79. The van der Waals surface area contributed by atoms with E-state index in [-0.39, 0.29) is 18.6 Å². The van der Waals surface area contributed by atoms with E-state index in [1.165, 1.54) is 0 Å². The van der Waals surface area contributed by atoms with Gasteiger partial charge in [0.25, 0.3) is 5.91 Å². The van der Waals surface area contributed by atoms with Crippen LogP contribution in [-0.2, 0) is 11.3 Å². The summed E-state index contributed by atoms with van der Waals surface area (Å²) in [7, 11) is 0. The Morgan fingerprint density at radius 1 is 1.00 bits per heavy atom. The first-order valence-corrected chi connectivity index (χ1v) is 8.68. The standard InChI is InChI=1S/C19H19ClN2O4/c20-15-6-4-14(5-7-15)19(24)21-9-1-2-18(23)22-11-13-3-8-16-17(10-13)26-12-25-16/h3-8,10H,1-2,9,11-12H2,(H,21,24)(H,22,23). The first kappa shape index (κ1) is 18.1. The Bertz CT molecular complexity index is 793. The molecule has 1 heterocycles. The Kier molecular flexibility index (Phi) is 5.96. The van der Waals surface area contributed by atoms with Crippen LogP contribution in [0.5, 0.6) is 11.5 Å². The third-order valence-corrected chi connectivity index (χ3v) is 4.15. The zero-order chi connectivity index (χ0) is 18.4. The van der Waals surface area contributed by atoms with Crippen LogP contribution in [0.4, 0.5) is 0 Å². The second-order valence-corrected chi connectivity index (χ2v) is 6.27. The lowest BCUT2D eigenvalue weighted by atomic mass is 10.2. The molecule has 2 aromatic carbocycles. The molecule has 0 atom stereocenters. The van der Waals surface area contributed by atoms with Crippen LogP contribution in [0.1, 0.15) is 28.8 Å². The molecule has 0 saturated heterocycles.